The Morgan fingerprint density at radius 3 is 0.808 bits per heavy atom. The minimum Gasteiger partial charge on any atom is -0.324 e. The van der Waals surface area contributed by atoms with Crippen LogP contribution in [0.3, 0.4) is 0 Å². The van der Waals surface area contributed by atoms with Crippen LogP contribution in [0.25, 0.3) is 0 Å². The van der Waals surface area contributed by atoms with Gasteiger partial charge in [-0.3, -0.25) is 0 Å². The first-order valence-corrected chi connectivity index (χ1v) is 14.8. The molecule has 10 N–H and O–H groups in total. The molecular weight excluding hydrogens is 522 g/mol. The quantitative estimate of drug-likeness (QED) is 0.163. The third kappa shape index (κ3) is 23.3. The molecule has 0 aromatic heterocycles. The van der Waals surface area contributed by atoms with Crippen LogP contribution in [0.5, 0.6) is 0 Å². The molecule has 0 heterocycles. The fraction of sp³-hybridized carbons (Fsp3) is 0. The summed E-state index contributed by atoms with van der Waals surface area (Å²) < 4.78 is 63.5. The molecule has 0 aromatic carbocycles. The predicted octanol–water partition coefficient (Wildman–Crippen LogP) is -1.27. The molecular formula is H10O19P6S. The van der Waals surface area contributed by atoms with Gasteiger partial charge in [0.15, 0.2) is 0 Å². The van der Waals surface area contributed by atoms with E-state index in [-0.39, 0.29) is 0 Å². The summed E-state index contributed by atoms with van der Waals surface area (Å²) in [6.07, 6.45) is 0. The first-order chi connectivity index (χ1) is 10.8. The van der Waals surface area contributed by atoms with Gasteiger partial charge in [0.1, 0.15) is 0 Å². The zero-order valence-electron chi connectivity index (χ0n) is 11.2. The van der Waals surface area contributed by atoms with Crippen LogP contribution in [0.1, 0.15) is 0 Å². The van der Waals surface area contributed by atoms with Gasteiger partial charge in [-0.05, 0) is 11.8 Å². The van der Waals surface area contributed by atoms with Gasteiger partial charge in [0.25, 0.3) is 0 Å². The van der Waals surface area contributed by atoms with E-state index >= 15 is 0 Å². The molecule has 0 spiro atoms. The maximum atomic E-state index is 10.5. The average molecular weight is 532 g/mol. The summed E-state index contributed by atoms with van der Waals surface area (Å²) in [4.78, 5) is 81.4. The van der Waals surface area contributed by atoms with E-state index in [4.69, 9.17) is 48.9 Å². The van der Waals surface area contributed by atoms with Crippen molar-refractivity contribution in [3.63, 3.8) is 0 Å². The SMILES string of the molecule is O=P(O)(O)OP(=O)(O)OP(=O)(O)O.O=P(O)(O)OP(=O)(O)OP(O)(O)=S. The Morgan fingerprint density at radius 1 is 0.462 bits per heavy atom. The van der Waals surface area contributed by atoms with Crippen molar-refractivity contribution >= 4 is 57.6 Å². The lowest BCUT2D eigenvalue weighted by Crippen LogP contribution is -1.91. The van der Waals surface area contributed by atoms with E-state index in [0.717, 1.165) is 0 Å². The van der Waals surface area contributed by atoms with E-state index in [0.29, 0.717) is 0 Å². The predicted molar refractivity (Wildman–Crippen MR) is 78.8 cm³/mol. The molecule has 1 unspecified atom stereocenters. The Hall–Kier alpha value is 1.24. The second-order valence-corrected chi connectivity index (χ2v) is 13.1. The zero-order valence-corrected chi connectivity index (χ0v) is 17.4. The van der Waals surface area contributed by atoms with Gasteiger partial charge in [0, 0.05) is 0 Å². The smallest absolute Gasteiger partial charge is 0.324 e. The summed E-state index contributed by atoms with van der Waals surface area (Å²) in [5.74, 6) is 0. The molecule has 160 valence electrons. The maximum Gasteiger partial charge on any atom is 0.490 e. The lowest BCUT2D eigenvalue weighted by atomic mass is 15.7. The first-order valence-electron chi connectivity index (χ1n) is 4.56. The second kappa shape index (κ2) is 9.83. The number of rotatable bonds is 8. The van der Waals surface area contributed by atoms with Crippen molar-refractivity contribution in [1.82, 2.24) is 0 Å². The Morgan fingerprint density at radius 2 is 0.654 bits per heavy atom. The van der Waals surface area contributed by atoms with Crippen LogP contribution in [-0.4, -0.2) is 48.9 Å². The van der Waals surface area contributed by atoms with Crippen molar-refractivity contribution in [3.8, 4) is 0 Å². The number of phosphoric acid groups is 5. The highest BCUT2D eigenvalue weighted by molar-refractivity contribution is 8.08. The molecule has 0 fully saturated rings. The van der Waals surface area contributed by atoms with E-state index in [1.807, 2.05) is 0 Å². The molecule has 0 aromatic rings. The molecule has 0 saturated carbocycles. The third-order valence-corrected chi connectivity index (χ3v) is 8.14. The molecule has 0 saturated heterocycles. The summed E-state index contributed by atoms with van der Waals surface area (Å²) in [5, 5.41) is 0. The molecule has 0 aliphatic rings. The summed E-state index contributed by atoms with van der Waals surface area (Å²) >= 11 is 3.76. The largest absolute Gasteiger partial charge is 0.490 e. The first kappa shape index (κ1) is 29.4. The lowest BCUT2D eigenvalue weighted by Gasteiger charge is -2.13. The van der Waals surface area contributed by atoms with Gasteiger partial charge in [0.2, 0.25) is 0 Å². The van der Waals surface area contributed by atoms with E-state index in [1.54, 1.807) is 0 Å². The minimum atomic E-state index is -5.46. The zero-order chi connectivity index (χ0) is 21.8. The van der Waals surface area contributed by atoms with Gasteiger partial charge in [-0.1, -0.05) is 0 Å². The highest BCUT2D eigenvalue weighted by atomic mass is 32.5. The standard InChI is InChI=1S/H5O10P3.H5O9P3S/c1-11(2,3)9-13(7,8)10-12(4,5)6;1-10(2,3)8-11(4,5)9-12(6,7)13/h(H,7,8)(H2,1,2,3)(H2,4,5,6);(H,4,5)(H2,1,2,3)(H2,6,7,13). The molecule has 1 atom stereocenters. The fourth-order valence-electron chi connectivity index (χ4n) is 0.567. The van der Waals surface area contributed by atoms with Crippen LogP contribution >= 0.6 is 45.8 Å². The highest BCUT2D eigenvalue weighted by Crippen LogP contribution is 2.65. The average Bonchev–Trinajstić information content (AvgIpc) is 1.97. The van der Waals surface area contributed by atoms with Crippen LogP contribution in [-0.2, 0) is 51.9 Å². The summed E-state index contributed by atoms with van der Waals surface area (Å²) in [7, 11) is -26.7. The molecule has 0 bridgehead atoms. The van der Waals surface area contributed by atoms with E-state index in [9.17, 15) is 22.8 Å². The number of hydrogen-bond acceptors (Lipinski definition) is 10. The van der Waals surface area contributed by atoms with Crippen molar-refractivity contribution in [1.29, 1.82) is 0 Å². The molecule has 26 heavy (non-hydrogen) atoms. The molecule has 0 aliphatic heterocycles. The monoisotopic (exact) mass is 532 g/mol. The summed E-state index contributed by atoms with van der Waals surface area (Å²) in [5.41, 5.74) is 0. The van der Waals surface area contributed by atoms with E-state index < -0.39 is 45.8 Å². The minimum absolute atomic E-state index is 3.06. The molecule has 0 rings (SSSR count). The van der Waals surface area contributed by atoms with Crippen molar-refractivity contribution in [2.75, 3.05) is 0 Å². The second-order valence-electron chi connectivity index (χ2n) is 3.23. The van der Waals surface area contributed by atoms with E-state index in [1.165, 1.54) is 0 Å². The third-order valence-electron chi connectivity index (χ3n) is 0.838. The highest BCUT2D eigenvalue weighted by Gasteiger charge is 2.39. The van der Waals surface area contributed by atoms with Gasteiger partial charge in [0.05, 0.1) is 0 Å². The van der Waals surface area contributed by atoms with Gasteiger partial charge in [-0.2, -0.15) is 12.9 Å². The van der Waals surface area contributed by atoms with Crippen LogP contribution < -0.4 is 0 Å². The van der Waals surface area contributed by atoms with Gasteiger partial charge >= 0.3 is 45.8 Å². The molecule has 0 radical (unpaired) electrons. The van der Waals surface area contributed by atoms with Gasteiger partial charge in [-0.25, -0.2) is 27.1 Å². The van der Waals surface area contributed by atoms with Gasteiger partial charge in [-0.15, -0.1) is 0 Å². The molecule has 0 aliphatic carbocycles. The lowest BCUT2D eigenvalue weighted by molar-refractivity contribution is 0.202. The molecule has 26 heteroatoms. The van der Waals surface area contributed by atoms with Gasteiger partial charge < -0.3 is 48.9 Å². The van der Waals surface area contributed by atoms with Crippen molar-refractivity contribution < 1.29 is 89.0 Å². The Kier molecular flexibility index (Phi) is 11.1. The van der Waals surface area contributed by atoms with Crippen molar-refractivity contribution in [2.24, 2.45) is 0 Å². The normalized spacial score (nSPS) is 16.4. The van der Waals surface area contributed by atoms with Crippen LogP contribution in [0, 0.1) is 0 Å². The fourth-order valence-corrected chi connectivity index (χ4v) is 6.40. The Labute approximate surface area is 147 Å². The summed E-state index contributed by atoms with van der Waals surface area (Å²) in [6, 6.07) is 0. The topological polar surface area (TPSA) is 325 Å². The van der Waals surface area contributed by atoms with Crippen molar-refractivity contribution in [3.05, 3.63) is 0 Å². The van der Waals surface area contributed by atoms with Crippen LogP contribution in [0.4, 0.5) is 0 Å². The molecule has 19 nitrogen and oxygen atoms in total. The van der Waals surface area contributed by atoms with Crippen LogP contribution in [0.2, 0.25) is 0 Å². The van der Waals surface area contributed by atoms with Crippen LogP contribution in [0.15, 0.2) is 0 Å². The Balaban J connectivity index is 0. The van der Waals surface area contributed by atoms with Crippen molar-refractivity contribution in [2.45, 2.75) is 0 Å². The Bertz CT molecular complexity index is 614. The summed E-state index contributed by atoms with van der Waals surface area (Å²) in [6.45, 7) is -4.52. The van der Waals surface area contributed by atoms with E-state index in [2.05, 4.69) is 29.0 Å². The maximum absolute atomic E-state index is 10.5. The number of hydrogen-bond donors (Lipinski definition) is 10. The molecule has 0 amide bonds.